The highest BCUT2D eigenvalue weighted by molar-refractivity contribution is 9.10. The quantitative estimate of drug-likeness (QED) is 0.826. The number of carbonyl (C=O) groups excluding carboxylic acids is 1. The summed E-state index contributed by atoms with van der Waals surface area (Å²) < 4.78 is 1.03. The number of hydrogen-bond acceptors (Lipinski definition) is 1. The standard InChI is InChI=1S/C15H18BrNO/c16-12-7-5-11(6-8-12)15(18)17(14-9-10-14)13-3-1-2-4-13/h5-8,13-14H,1-4,9-10H2. The summed E-state index contributed by atoms with van der Waals surface area (Å²) in [5.41, 5.74) is 0.831. The molecule has 1 aromatic carbocycles. The number of carbonyl (C=O) groups is 1. The van der Waals surface area contributed by atoms with Gasteiger partial charge in [0.2, 0.25) is 0 Å². The van der Waals surface area contributed by atoms with Crippen molar-refractivity contribution in [3.8, 4) is 0 Å². The summed E-state index contributed by atoms with van der Waals surface area (Å²) in [5.74, 6) is 0.233. The third-order valence-corrected chi connectivity index (χ3v) is 4.51. The van der Waals surface area contributed by atoms with Gasteiger partial charge in [-0.25, -0.2) is 0 Å². The molecule has 3 heteroatoms. The molecule has 0 heterocycles. The third-order valence-electron chi connectivity index (χ3n) is 3.98. The minimum Gasteiger partial charge on any atom is -0.333 e. The summed E-state index contributed by atoms with van der Waals surface area (Å²) >= 11 is 3.41. The highest BCUT2D eigenvalue weighted by Gasteiger charge is 2.38. The van der Waals surface area contributed by atoms with Crippen LogP contribution in [-0.4, -0.2) is 22.9 Å². The Hall–Kier alpha value is -0.830. The molecule has 2 nitrogen and oxygen atoms in total. The molecule has 0 aliphatic heterocycles. The zero-order valence-corrected chi connectivity index (χ0v) is 12.0. The SMILES string of the molecule is O=C(c1ccc(Br)cc1)N(C1CCCC1)C1CC1. The van der Waals surface area contributed by atoms with E-state index in [9.17, 15) is 4.79 Å². The first-order chi connectivity index (χ1) is 8.75. The van der Waals surface area contributed by atoms with Gasteiger partial charge in [0.15, 0.2) is 0 Å². The van der Waals surface area contributed by atoms with E-state index in [1.165, 1.54) is 38.5 Å². The van der Waals surface area contributed by atoms with Crippen molar-refractivity contribution in [2.45, 2.75) is 50.6 Å². The van der Waals surface area contributed by atoms with E-state index in [-0.39, 0.29) is 5.91 Å². The maximum absolute atomic E-state index is 12.6. The van der Waals surface area contributed by atoms with Crippen molar-refractivity contribution in [1.82, 2.24) is 4.90 Å². The van der Waals surface area contributed by atoms with Gasteiger partial charge in [-0.15, -0.1) is 0 Å². The van der Waals surface area contributed by atoms with Crippen LogP contribution >= 0.6 is 15.9 Å². The summed E-state index contributed by atoms with van der Waals surface area (Å²) in [5, 5.41) is 0. The minimum atomic E-state index is 0.233. The molecule has 0 bridgehead atoms. The molecule has 0 atom stereocenters. The zero-order valence-electron chi connectivity index (χ0n) is 10.4. The molecule has 0 N–H and O–H groups in total. The second-order valence-electron chi connectivity index (χ2n) is 5.39. The van der Waals surface area contributed by atoms with Crippen molar-refractivity contribution in [1.29, 1.82) is 0 Å². The van der Waals surface area contributed by atoms with Gasteiger partial charge in [0.25, 0.3) is 5.91 Å². The van der Waals surface area contributed by atoms with E-state index in [2.05, 4.69) is 20.8 Å². The lowest BCUT2D eigenvalue weighted by molar-refractivity contribution is 0.0664. The van der Waals surface area contributed by atoms with Crippen molar-refractivity contribution in [2.24, 2.45) is 0 Å². The Morgan fingerprint density at radius 1 is 1.00 bits per heavy atom. The van der Waals surface area contributed by atoms with E-state index in [0.717, 1.165) is 10.0 Å². The number of hydrogen-bond donors (Lipinski definition) is 0. The highest BCUT2D eigenvalue weighted by Crippen LogP contribution is 2.35. The van der Waals surface area contributed by atoms with Crippen LogP contribution in [-0.2, 0) is 0 Å². The van der Waals surface area contributed by atoms with E-state index >= 15 is 0 Å². The Balaban J connectivity index is 1.81. The molecule has 2 saturated carbocycles. The molecule has 96 valence electrons. The van der Waals surface area contributed by atoms with Crippen LogP contribution in [0.15, 0.2) is 28.7 Å². The fourth-order valence-corrected chi connectivity index (χ4v) is 3.17. The molecule has 0 aromatic heterocycles. The Kier molecular flexibility index (Phi) is 3.42. The van der Waals surface area contributed by atoms with Gasteiger partial charge in [-0.2, -0.15) is 0 Å². The molecule has 0 spiro atoms. The van der Waals surface area contributed by atoms with E-state index < -0.39 is 0 Å². The Bertz CT molecular complexity index is 432. The average Bonchev–Trinajstić information content (AvgIpc) is 3.05. The lowest BCUT2D eigenvalue weighted by Gasteiger charge is -2.29. The summed E-state index contributed by atoms with van der Waals surface area (Å²) in [4.78, 5) is 14.8. The first-order valence-corrected chi connectivity index (χ1v) is 7.63. The maximum Gasteiger partial charge on any atom is 0.254 e. The summed E-state index contributed by atoms with van der Waals surface area (Å²) in [6, 6.07) is 8.77. The third kappa shape index (κ3) is 2.46. The predicted octanol–water partition coefficient (Wildman–Crippen LogP) is 4.00. The first-order valence-electron chi connectivity index (χ1n) is 6.84. The number of rotatable bonds is 3. The topological polar surface area (TPSA) is 20.3 Å². The van der Waals surface area contributed by atoms with Gasteiger partial charge in [0.05, 0.1) is 0 Å². The molecular formula is C15H18BrNO. The molecule has 1 aromatic rings. The average molecular weight is 308 g/mol. The van der Waals surface area contributed by atoms with Gasteiger partial charge in [-0.3, -0.25) is 4.79 Å². The number of nitrogens with zero attached hydrogens (tertiary/aromatic N) is 1. The van der Waals surface area contributed by atoms with E-state index in [1.807, 2.05) is 24.3 Å². The number of halogens is 1. The summed E-state index contributed by atoms with van der Waals surface area (Å²) in [7, 11) is 0. The van der Waals surface area contributed by atoms with Crippen molar-refractivity contribution >= 4 is 21.8 Å². The highest BCUT2D eigenvalue weighted by atomic mass is 79.9. The monoisotopic (exact) mass is 307 g/mol. The molecule has 2 aliphatic carbocycles. The second kappa shape index (κ2) is 5.04. The molecule has 0 radical (unpaired) electrons. The second-order valence-corrected chi connectivity index (χ2v) is 6.30. The number of benzene rings is 1. The van der Waals surface area contributed by atoms with Crippen molar-refractivity contribution in [2.75, 3.05) is 0 Å². The molecule has 3 rings (SSSR count). The van der Waals surface area contributed by atoms with E-state index in [1.54, 1.807) is 0 Å². The molecule has 0 unspecified atom stereocenters. The van der Waals surface area contributed by atoms with Gasteiger partial charge >= 0.3 is 0 Å². The fourth-order valence-electron chi connectivity index (χ4n) is 2.91. The van der Waals surface area contributed by atoms with Gasteiger partial charge in [0, 0.05) is 22.1 Å². The van der Waals surface area contributed by atoms with Crippen LogP contribution in [0.2, 0.25) is 0 Å². The Morgan fingerprint density at radius 3 is 2.11 bits per heavy atom. The van der Waals surface area contributed by atoms with Crippen LogP contribution in [0.5, 0.6) is 0 Å². The molecule has 2 aliphatic rings. The fraction of sp³-hybridized carbons (Fsp3) is 0.533. The maximum atomic E-state index is 12.6. The van der Waals surface area contributed by atoms with Gasteiger partial charge < -0.3 is 4.90 Å². The smallest absolute Gasteiger partial charge is 0.254 e. The van der Waals surface area contributed by atoms with Crippen LogP contribution in [0.1, 0.15) is 48.9 Å². The van der Waals surface area contributed by atoms with Crippen LogP contribution in [0.3, 0.4) is 0 Å². The normalized spacial score (nSPS) is 20.1. The van der Waals surface area contributed by atoms with Crippen molar-refractivity contribution < 1.29 is 4.79 Å². The van der Waals surface area contributed by atoms with Gasteiger partial charge in [-0.05, 0) is 49.9 Å². The first kappa shape index (κ1) is 12.2. The molecule has 2 fully saturated rings. The lowest BCUT2D eigenvalue weighted by atomic mass is 10.1. The predicted molar refractivity (Wildman–Crippen MR) is 75.6 cm³/mol. The van der Waals surface area contributed by atoms with Crippen LogP contribution in [0.4, 0.5) is 0 Å². The largest absolute Gasteiger partial charge is 0.333 e. The van der Waals surface area contributed by atoms with E-state index in [4.69, 9.17) is 0 Å². The number of amides is 1. The molecule has 18 heavy (non-hydrogen) atoms. The van der Waals surface area contributed by atoms with Crippen molar-refractivity contribution in [3.05, 3.63) is 34.3 Å². The van der Waals surface area contributed by atoms with Gasteiger partial charge in [-0.1, -0.05) is 28.8 Å². The molecule has 1 amide bonds. The zero-order chi connectivity index (χ0) is 12.5. The van der Waals surface area contributed by atoms with Crippen LogP contribution < -0.4 is 0 Å². The van der Waals surface area contributed by atoms with Gasteiger partial charge in [0.1, 0.15) is 0 Å². The Morgan fingerprint density at radius 2 is 1.56 bits per heavy atom. The van der Waals surface area contributed by atoms with Crippen LogP contribution in [0, 0.1) is 0 Å². The minimum absolute atomic E-state index is 0.233. The van der Waals surface area contributed by atoms with Crippen molar-refractivity contribution in [3.63, 3.8) is 0 Å². The van der Waals surface area contributed by atoms with E-state index in [0.29, 0.717) is 12.1 Å². The lowest BCUT2D eigenvalue weighted by Crippen LogP contribution is -2.40. The summed E-state index contributed by atoms with van der Waals surface area (Å²) in [6.45, 7) is 0. The van der Waals surface area contributed by atoms with Crippen LogP contribution in [0.25, 0.3) is 0 Å². The summed E-state index contributed by atoms with van der Waals surface area (Å²) in [6.07, 6.45) is 7.33. The molecule has 0 saturated heterocycles. The Labute approximate surface area is 116 Å². The molecular weight excluding hydrogens is 290 g/mol.